The van der Waals surface area contributed by atoms with E-state index in [2.05, 4.69) is 15.3 Å². The number of benzene rings is 1. The van der Waals surface area contributed by atoms with Gasteiger partial charge in [-0.3, -0.25) is 9.78 Å². The molecule has 5 nitrogen and oxygen atoms in total. The predicted molar refractivity (Wildman–Crippen MR) is 105 cm³/mol. The molecule has 0 aliphatic carbocycles. The molecule has 0 radical (unpaired) electrons. The summed E-state index contributed by atoms with van der Waals surface area (Å²) in [5.41, 5.74) is 3.08. The van der Waals surface area contributed by atoms with Gasteiger partial charge in [0.15, 0.2) is 0 Å². The highest BCUT2D eigenvalue weighted by Crippen LogP contribution is 2.24. The van der Waals surface area contributed by atoms with Gasteiger partial charge in [-0.15, -0.1) is 0 Å². The summed E-state index contributed by atoms with van der Waals surface area (Å²) in [6, 6.07) is 13.0. The molecule has 6 heteroatoms. The number of thioether (sulfide) groups is 1. The van der Waals surface area contributed by atoms with Crippen molar-refractivity contribution < 1.29 is 9.53 Å². The highest BCUT2D eigenvalue weighted by molar-refractivity contribution is 7.99. The van der Waals surface area contributed by atoms with Crippen LogP contribution in [-0.2, 0) is 0 Å². The first-order valence-corrected chi connectivity index (χ1v) is 9.73. The summed E-state index contributed by atoms with van der Waals surface area (Å²) in [5, 5.41) is 3.89. The van der Waals surface area contributed by atoms with Crippen LogP contribution in [0.1, 0.15) is 22.5 Å². The summed E-state index contributed by atoms with van der Waals surface area (Å²) in [6.45, 7) is 1.95. The van der Waals surface area contributed by atoms with E-state index in [1.807, 2.05) is 49.0 Å². The maximum atomic E-state index is 12.7. The zero-order valence-corrected chi connectivity index (χ0v) is 15.3. The van der Waals surface area contributed by atoms with Crippen molar-refractivity contribution in [3.05, 3.63) is 59.9 Å². The molecule has 1 amide bonds. The molecule has 1 fully saturated rings. The number of nitrogens with zero attached hydrogens (tertiary/aromatic N) is 2. The topological polar surface area (TPSA) is 64.1 Å². The van der Waals surface area contributed by atoms with Crippen LogP contribution in [0.2, 0.25) is 0 Å². The molecule has 132 valence electrons. The van der Waals surface area contributed by atoms with Crippen LogP contribution in [0.5, 0.6) is 5.88 Å². The maximum Gasteiger partial charge on any atom is 0.255 e. The number of nitrogens with one attached hydrogen (secondary N) is 1. The van der Waals surface area contributed by atoms with Crippen LogP contribution in [0, 0.1) is 6.92 Å². The lowest BCUT2D eigenvalue weighted by Crippen LogP contribution is -2.17. The second-order valence-electron chi connectivity index (χ2n) is 6.27. The number of fused-ring (bicyclic) bond motifs is 1. The van der Waals surface area contributed by atoms with E-state index >= 15 is 0 Å². The van der Waals surface area contributed by atoms with Gasteiger partial charge in [0.1, 0.15) is 6.10 Å². The standard InChI is InChI=1S/C20H19N3O2S/c1-13-5-6-16-17(22-13)3-2-4-18(16)23-20(24)14-7-9-21-19(11-14)25-15-8-10-26-12-15/h2-7,9,11,15H,8,10,12H2,1H3,(H,23,24)/t15-/m0/s1. The average molecular weight is 365 g/mol. The van der Waals surface area contributed by atoms with Crippen LogP contribution in [-0.4, -0.2) is 33.5 Å². The summed E-state index contributed by atoms with van der Waals surface area (Å²) in [4.78, 5) is 21.4. The average Bonchev–Trinajstić information content (AvgIpc) is 3.15. The minimum atomic E-state index is -0.189. The Labute approximate surface area is 156 Å². The van der Waals surface area contributed by atoms with Crippen molar-refractivity contribution in [2.75, 3.05) is 16.8 Å². The Hall–Kier alpha value is -2.60. The summed E-state index contributed by atoms with van der Waals surface area (Å²) in [7, 11) is 0. The normalized spacial score (nSPS) is 16.6. The Morgan fingerprint density at radius 1 is 1.27 bits per heavy atom. The van der Waals surface area contributed by atoms with Gasteiger partial charge in [0, 0.05) is 34.7 Å². The molecule has 1 aromatic carbocycles. The number of pyridine rings is 2. The van der Waals surface area contributed by atoms with Gasteiger partial charge < -0.3 is 10.1 Å². The van der Waals surface area contributed by atoms with E-state index in [0.717, 1.165) is 40.2 Å². The lowest BCUT2D eigenvalue weighted by Gasteiger charge is -2.12. The first-order valence-electron chi connectivity index (χ1n) is 8.57. The SMILES string of the molecule is Cc1ccc2c(NC(=O)c3ccnc(O[C@H]4CCSC4)c3)cccc2n1. The fourth-order valence-corrected chi connectivity index (χ4v) is 4.05. The molecule has 1 aliphatic heterocycles. The largest absolute Gasteiger partial charge is 0.473 e. The van der Waals surface area contributed by atoms with E-state index < -0.39 is 0 Å². The number of rotatable bonds is 4. The molecule has 1 saturated heterocycles. The zero-order chi connectivity index (χ0) is 17.9. The number of carbonyl (C=O) groups is 1. The molecule has 2 aromatic heterocycles. The van der Waals surface area contributed by atoms with E-state index in [0.29, 0.717) is 11.4 Å². The van der Waals surface area contributed by atoms with E-state index in [1.165, 1.54) is 0 Å². The van der Waals surface area contributed by atoms with Gasteiger partial charge in [-0.25, -0.2) is 4.98 Å². The Balaban J connectivity index is 1.55. The van der Waals surface area contributed by atoms with Crippen LogP contribution in [0.4, 0.5) is 5.69 Å². The Bertz CT molecular complexity index is 955. The number of ether oxygens (including phenoxy) is 1. The molecule has 3 aromatic rings. The lowest BCUT2D eigenvalue weighted by molar-refractivity contribution is 0.102. The molecule has 1 atom stereocenters. The van der Waals surface area contributed by atoms with Crippen molar-refractivity contribution in [2.45, 2.75) is 19.4 Å². The van der Waals surface area contributed by atoms with E-state index in [4.69, 9.17) is 4.74 Å². The van der Waals surface area contributed by atoms with Gasteiger partial charge in [-0.1, -0.05) is 6.07 Å². The third kappa shape index (κ3) is 3.65. The molecule has 1 N–H and O–H groups in total. The number of carbonyl (C=O) groups excluding carboxylic acids is 1. The zero-order valence-electron chi connectivity index (χ0n) is 14.4. The van der Waals surface area contributed by atoms with Gasteiger partial charge in [0.25, 0.3) is 5.91 Å². The first kappa shape index (κ1) is 16.8. The predicted octanol–water partition coefficient (Wildman–Crippen LogP) is 4.07. The van der Waals surface area contributed by atoms with Crippen molar-refractivity contribution in [1.82, 2.24) is 9.97 Å². The molecule has 0 bridgehead atoms. The number of anilines is 1. The van der Waals surface area contributed by atoms with Gasteiger partial charge in [-0.05, 0) is 49.4 Å². The smallest absolute Gasteiger partial charge is 0.255 e. The first-order chi connectivity index (χ1) is 12.7. The van der Waals surface area contributed by atoms with Crippen molar-refractivity contribution in [1.29, 1.82) is 0 Å². The van der Waals surface area contributed by atoms with Crippen molar-refractivity contribution >= 4 is 34.3 Å². The Kier molecular flexibility index (Phi) is 4.75. The van der Waals surface area contributed by atoms with E-state index in [-0.39, 0.29) is 12.0 Å². The third-order valence-corrected chi connectivity index (χ3v) is 5.42. The Morgan fingerprint density at radius 2 is 2.19 bits per heavy atom. The molecule has 0 saturated carbocycles. The van der Waals surface area contributed by atoms with Crippen molar-refractivity contribution in [3.8, 4) is 5.88 Å². The van der Waals surface area contributed by atoms with Gasteiger partial charge >= 0.3 is 0 Å². The minimum Gasteiger partial charge on any atom is -0.473 e. The summed E-state index contributed by atoms with van der Waals surface area (Å²) >= 11 is 1.88. The second kappa shape index (κ2) is 7.33. The molecular weight excluding hydrogens is 346 g/mol. The number of aromatic nitrogens is 2. The minimum absolute atomic E-state index is 0.179. The van der Waals surface area contributed by atoms with Gasteiger partial charge in [-0.2, -0.15) is 11.8 Å². The molecule has 26 heavy (non-hydrogen) atoms. The highest BCUT2D eigenvalue weighted by Gasteiger charge is 2.18. The third-order valence-electron chi connectivity index (χ3n) is 4.29. The van der Waals surface area contributed by atoms with Crippen molar-refractivity contribution in [3.63, 3.8) is 0 Å². The van der Waals surface area contributed by atoms with Gasteiger partial charge in [0.2, 0.25) is 5.88 Å². The fraction of sp³-hybridized carbons (Fsp3) is 0.250. The van der Waals surface area contributed by atoms with Gasteiger partial charge in [0.05, 0.1) is 11.2 Å². The fourth-order valence-electron chi connectivity index (χ4n) is 2.95. The number of hydrogen-bond acceptors (Lipinski definition) is 5. The van der Waals surface area contributed by atoms with Crippen LogP contribution >= 0.6 is 11.8 Å². The molecule has 3 heterocycles. The lowest BCUT2D eigenvalue weighted by atomic mass is 10.1. The highest BCUT2D eigenvalue weighted by atomic mass is 32.2. The number of aryl methyl sites for hydroxylation is 1. The van der Waals surface area contributed by atoms with Crippen LogP contribution in [0.15, 0.2) is 48.7 Å². The Morgan fingerprint density at radius 3 is 3.04 bits per heavy atom. The van der Waals surface area contributed by atoms with E-state index in [1.54, 1.807) is 18.3 Å². The molecule has 0 unspecified atom stereocenters. The number of hydrogen-bond donors (Lipinski definition) is 1. The summed E-state index contributed by atoms with van der Waals surface area (Å²) in [6.07, 6.45) is 2.81. The summed E-state index contributed by atoms with van der Waals surface area (Å²) in [5.74, 6) is 2.39. The molecule has 0 spiro atoms. The maximum absolute atomic E-state index is 12.7. The van der Waals surface area contributed by atoms with Crippen LogP contribution in [0.25, 0.3) is 10.9 Å². The summed E-state index contributed by atoms with van der Waals surface area (Å²) < 4.78 is 5.88. The van der Waals surface area contributed by atoms with Crippen molar-refractivity contribution in [2.24, 2.45) is 0 Å². The molecule has 1 aliphatic rings. The second-order valence-corrected chi connectivity index (χ2v) is 7.42. The van der Waals surface area contributed by atoms with Crippen LogP contribution in [0.3, 0.4) is 0 Å². The van der Waals surface area contributed by atoms with Crippen LogP contribution < -0.4 is 10.1 Å². The van der Waals surface area contributed by atoms with E-state index in [9.17, 15) is 4.79 Å². The number of amides is 1. The quantitative estimate of drug-likeness (QED) is 0.755. The molecular formula is C20H19N3O2S. The monoisotopic (exact) mass is 365 g/mol. The molecule has 4 rings (SSSR count).